The first-order valence-electron chi connectivity index (χ1n) is 7.47. The molecule has 0 saturated carbocycles. The summed E-state index contributed by atoms with van der Waals surface area (Å²) in [6.45, 7) is 3.54. The molecule has 0 aromatic heterocycles. The Balaban J connectivity index is 2.05. The quantitative estimate of drug-likeness (QED) is 0.824. The Kier molecular flexibility index (Phi) is 5.99. The van der Waals surface area contributed by atoms with E-state index >= 15 is 0 Å². The molecule has 0 aliphatic carbocycles. The van der Waals surface area contributed by atoms with E-state index in [-0.39, 0.29) is 11.4 Å². The summed E-state index contributed by atoms with van der Waals surface area (Å²) in [6.07, 6.45) is 0.772. The fraction of sp³-hybridized carbons (Fsp3) is 0.235. The monoisotopic (exact) mass is 366 g/mol. The molecule has 0 aliphatic rings. The van der Waals surface area contributed by atoms with Gasteiger partial charge < -0.3 is 5.32 Å². The molecule has 0 fully saturated rings. The average Bonchev–Trinajstić information content (AvgIpc) is 2.55. The second-order valence-corrected chi connectivity index (χ2v) is 7.49. The molecule has 2 aromatic carbocycles. The Labute approximate surface area is 147 Å². The van der Waals surface area contributed by atoms with Crippen LogP contribution in [0.25, 0.3) is 0 Å². The van der Waals surface area contributed by atoms with Crippen molar-refractivity contribution in [2.45, 2.75) is 25.2 Å². The number of sulfonamides is 1. The van der Waals surface area contributed by atoms with E-state index in [2.05, 4.69) is 10.0 Å². The lowest BCUT2D eigenvalue weighted by Gasteiger charge is -2.13. The highest BCUT2D eigenvalue weighted by Gasteiger charge is 2.16. The van der Waals surface area contributed by atoms with Crippen LogP contribution in [-0.2, 0) is 21.2 Å². The SMILES string of the molecule is CCc1cccc(C)c1NC(=O)CNS(=O)(=O)c1ccc(Cl)cc1. The van der Waals surface area contributed by atoms with Gasteiger partial charge in [-0.05, 0) is 48.7 Å². The summed E-state index contributed by atoms with van der Waals surface area (Å²) in [7, 11) is -3.76. The molecule has 0 unspecified atom stereocenters. The first kappa shape index (κ1) is 18.4. The number of para-hydroxylation sites is 1. The summed E-state index contributed by atoms with van der Waals surface area (Å²) in [4.78, 5) is 12.2. The Morgan fingerprint density at radius 1 is 1.12 bits per heavy atom. The average molecular weight is 367 g/mol. The van der Waals surface area contributed by atoms with Crippen molar-refractivity contribution in [3.8, 4) is 0 Å². The van der Waals surface area contributed by atoms with Crippen molar-refractivity contribution >= 4 is 33.2 Å². The number of hydrogen-bond donors (Lipinski definition) is 2. The number of nitrogens with one attached hydrogen (secondary N) is 2. The van der Waals surface area contributed by atoms with Crippen LogP contribution in [0.2, 0.25) is 5.02 Å². The molecular weight excluding hydrogens is 348 g/mol. The number of amides is 1. The number of halogens is 1. The van der Waals surface area contributed by atoms with Gasteiger partial charge in [-0.3, -0.25) is 4.79 Å². The third-order valence-electron chi connectivity index (χ3n) is 3.55. The summed E-state index contributed by atoms with van der Waals surface area (Å²) in [5.74, 6) is -0.420. The van der Waals surface area contributed by atoms with Crippen molar-refractivity contribution in [2.75, 3.05) is 11.9 Å². The fourth-order valence-corrected chi connectivity index (χ4v) is 3.35. The van der Waals surface area contributed by atoms with Crippen LogP contribution in [0.3, 0.4) is 0 Å². The van der Waals surface area contributed by atoms with E-state index in [1.54, 1.807) is 0 Å². The number of rotatable bonds is 6. The van der Waals surface area contributed by atoms with Crippen molar-refractivity contribution in [1.29, 1.82) is 0 Å². The second-order valence-electron chi connectivity index (χ2n) is 5.29. The molecule has 5 nitrogen and oxygen atoms in total. The molecule has 0 aliphatic heterocycles. The lowest BCUT2D eigenvalue weighted by molar-refractivity contribution is -0.115. The van der Waals surface area contributed by atoms with Gasteiger partial charge in [0.1, 0.15) is 0 Å². The van der Waals surface area contributed by atoms with Gasteiger partial charge in [-0.2, -0.15) is 0 Å². The fourth-order valence-electron chi connectivity index (χ4n) is 2.24. The molecule has 7 heteroatoms. The van der Waals surface area contributed by atoms with Crippen molar-refractivity contribution in [1.82, 2.24) is 4.72 Å². The van der Waals surface area contributed by atoms with Gasteiger partial charge in [0, 0.05) is 10.7 Å². The molecule has 24 heavy (non-hydrogen) atoms. The molecule has 0 atom stereocenters. The summed E-state index contributed by atoms with van der Waals surface area (Å²) in [5.41, 5.74) is 2.67. The van der Waals surface area contributed by atoms with E-state index < -0.39 is 15.9 Å². The molecular formula is C17H19ClN2O3S. The van der Waals surface area contributed by atoms with E-state index in [9.17, 15) is 13.2 Å². The van der Waals surface area contributed by atoms with Crippen LogP contribution in [-0.4, -0.2) is 20.9 Å². The number of aryl methyl sites for hydroxylation is 2. The van der Waals surface area contributed by atoms with Crippen LogP contribution in [0.15, 0.2) is 47.4 Å². The molecule has 0 spiro atoms. The Hall–Kier alpha value is -1.89. The number of carbonyl (C=O) groups is 1. The Bertz CT molecular complexity index is 833. The van der Waals surface area contributed by atoms with E-state index in [1.165, 1.54) is 24.3 Å². The lowest BCUT2D eigenvalue weighted by atomic mass is 10.1. The molecule has 0 saturated heterocycles. The Morgan fingerprint density at radius 2 is 1.79 bits per heavy atom. The lowest BCUT2D eigenvalue weighted by Crippen LogP contribution is -2.33. The minimum Gasteiger partial charge on any atom is -0.324 e. The van der Waals surface area contributed by atoms with Gasteiger partial charge >= 0.3 is 0 Å². The summed E-state index contributed by atoms with van der Waals surface area (Å²) < 4.78 is 26.6. The van der Waals surface area contributed by atoms with Crippen molar-refractivity contribution in [3.05, 3.63) is 58.6 Å². The van der Waals surface area contributed by atoms with Gasteiger partial charge in [0.05, 0.1) is 11.4 Å². The van der Waals surface area contributed by atoms with Crippen LogP contribution >= 0.6 is 11.6 Å². The van der Waals surface area contributed by atoms with Gasteiger partial charge in [-0.15, -0.1) is 0 Å². The molecule has 2 aromatic rings. The number of carbonyl (C=O) groups excluding carboxylic acids is 1. The zero-order chi connectivity index (χ0) is 17.7. The first-order chi connectivity index (χ1) is 11.3. The van der Waals surface area contributed by atoms with Crippen molar-refractivity contribution in [2.24, 2.45) is 0 Å². The van der Waals surface area contributed by atoms with Crippen molar-refractivity contribution in [3.63, 3.8) is 0 Å². The summed E-state index contributed by atoms with van der Waals surface area (Å²) in [6, 6.07) is 11.5. The zero-order valence-corrected chi connectivity index (χ0v) is 15.0. The third-order valence-corrected chi connectivity index (χ3v) is 5.22. The molecule has 0 bridgehead atoms. The van der Waals surface area contributed by atoms with Crippen molar-refractivity contribution < 1.29 is 13.2 Å². The van der Waals surface area contributed by atoms with Crippen LogP contribution in [0.5, 0.6) is 0 Å². The van der Waals surface area contributed by atoms with Gasteiger partial charge in [0.15, 0.2) is 0 Å². The van der Waals surface area contributed by atoms with Gasteiger partial charge in [-0.25, -0.2) is 13.1 Å². The maximum absolute atomic E-state index is 12.2. The van der Waals surface area contributed by atoms with E-state index in [1.807, 2.05) is 32.0 Å². The van der Waals surface area contributed by atoms with Gasteiger partial charge in [-0.1, -0.05) is 36.7 Å². The molecule has 0 heterocycles. The predicted molar refractivity (Wildman–Crippen MR) is 95.8 cm³/mol. The minimum atomic E-state index is -3.76. The Morgan fingerprint density at radius 3 is 2.42 bits per heavy atom. The second kappa shape index (κ2) is 7.79. The number of benzene rings is 2. The van der Waals surface area contributed by atoms with Crippen LogP contribution in [0.4, 0.5) is 5.69 Å². The summed E-state index contributed by atoms with van der Waals surface area (Å²) >= 11 is 5.74. The first-order valence-corrected chi connectivity index (χ1v) is 9.33. The maximum atomic E-state index is 12.2. The number of hydrogen-bond acceptors (Lipinski definition) is 3. The molecule has 128 valence electrons. The summed E-state index contributed by atoms with van der Waals surface area (Å²) in [5, 5.41) is 3.22. The number of anilines is 1. The van der Waals surface area contributed by atoms with E-state index in [0.29, 0.717) is 5.02 Å². The maximum Gasteiger partial charge on any atom is 0.241 e. The standard InChI is InChI=1S/C17H19ClN2O3S/c1-3-13-6-4-5-12(2)17(13)20-16(21)11-19-24(22,23)15-9-7-14(18)8-10-15/h4-10,19H,3,11H2,1-2H3,(H,20,21). The zero-order valence-electron chi connectivity index (χ0n) is 13.5. The van der Waals surface area contributed by atoms with Gasteiger partial charge in [0.25, 0.3) is 0 Å². The normalized spacial score (nSPS) is 11.3. The van der Waals surface area contributed by atoms with E-state index in [4.69, 9.17) is 11.6 Å². The molecule has 0 radical (unpaired) electrons. The highest BCUT2D eigenvalue weighted by atomic mass is 35.5. The van der Waals surface area contributed by atoms with Crippen LogP contribution < -0.4 is 10.0 Å². The van der Waals surface area contributed by atoms with E-state index in [0.717, 1.165) is 23.2 Å². The topological polar surface area (TPSA) is 75.3 Å². The minimum absolute atomic E-state index is 0.0600. The van der Waals surface area contributed by atoms with Gasteiger partial charge in [0.2, 0.25) is 15.9 Å². The highest BCUT2D eigenvalue weighted by molar-refractivity contribution is 7.89. The predicted octanol–water partition coefficient (Wildman–Crippen LogP) is 3.13. The largest absolute Gasteiger partial charge is 0.324 e. The van der Waals surface area contributed by atoms with Crippen LogP contribution in [0, 0.1) is 6.92 Å². The third kappa shape index (κ3) is 4.56. The molecule has 1 amide bonds. The molecule has 2 N–H and O–H groups in total. The highest BCUT2D eigenvalue weighted by Crippen LogP contribution is 2.21. The van der Waals surface area contributed by atoms with Crippen LogP contribution in [0.1, 0.15) is 18.1 Å². The smallest absolute Gasteiger partial charge is 0.241 e. The molecule has 2 rings (SSSR count).